The number of piperazine rings is 1. The number of aromatic hydroxyl groups is 1. The molecule has 0 bridgehead atoms. The molecule has 0 unspecified atom stereocenters. The molecule has 1 aliphatic heterocycles. The second kappa shape index (κ2) is 9.03. The van der Waals surface area contributed by atoms with Crippen LogP contribution in [0.3, 0.4) is 0 Å². The largest absolute Gasteiger partial charge is 0.508 e. The predicted molar refractivity (Wildman–Crippen MR) is 115 cm³/mol. The van der Waals surface area contributed by atoms with Crippen molar-refractivity contribution in [3.63, 3.8) is 0 Å². The molecule has 0 spiro atoms. The molecule has 4 rings (SSSR count). The van der Waals surface area contributed by atoms with Gasteiger partial charge < -0.3 is 5.11 Å². The van der Waals surface area contributed by atoms with Crippen molar-refractivity contribution in [2.75, 3.05) is 32.7 Å². The maximum Gasteiger partial charge on any atom is 0.176 e. The SMILES string of the molecule is O=C(CN1CCN(C(c2ccccc2)c2ccccc2)CC1)c1ccc(O)cc1. The van der Waals surface area contributed by atoms with E-state index in [4.69, 9.17) is 0 Å². The Morgan fingerprint density at radius 1 is 0.759 bits per heavy atom. The van der Waals surface area contributed by atoms with E-state index in [0.717, 1.165) is 26.2 Å². The first-order chi connectivity index (χ1) is 14.2. The fourth-order valence-electron chi connectivity index (χ4n) is 4.01. The average molecular weight is 386 g/mol. The lowest BCUT2D eigenvalue weighted by molar-refractivity contribution is 0.0808. The van der Waals surface area contributed by atoms with Crippen LogP contribution in [0.4, 0.5) is 0 Å². The van der Waals surface area contributed by atoms with Crippen molar-refractivity contribution in [1.29, 1.82) is 0 Å². The highest BCUT2D eigenvalue weighted by atomic mass is 16.3. The van der Waals surface area contributed by atoms with E-state index < -0.39 is 0 Å². The molecule has 1 heterocycles. The first kappa shape index (κ1) is 19.4. The Kier molecular flexibility index (Phi) is 6.03. The van der Waals surface area contributed by atoms with Crippen LogP contribution in [0.5, 0.6) is 5.75 Å². The van der Waals surface area contributed by atoms with E-state index >= 15 is 0 Å². The third kappa shape index (κ3) is 4.73. The predicted octanol–water partition coefficient (Wildman–Crippen LogP) is 3.98. The summed E-state index contributed by atoms with van der Waals surface area (Å²) in [5.41, 5.74) is 3.25. The van der Waals surface area contributed by atoms with Crippen molar-refractivity contribution >= 4 is 5.78 Å². The minimum Gasteiger partial charge on any atom is -0.508 e. The summed E-state index contributed by atoms with van der Waals surface area (Å²) in [6, 6.07) is 28.0. The molecule has 148 valence electrons. The van der Waals surface area contributed by atoms with Crippen LogP contribution < -0.4 is 0 Å². The van der Waals surface area contributed by atoms with Crippen LogP contribution in [0.1, 0.15) is 27.5 Å². The van der Waals surface area contributed by atoms with Gasteiger partial charge in [0.2, 0.25) is 0 Å². The van der Waals surface area contributed by atoms with Crippen molar-refractivity contribution in [2.24, 2.45) is 0 Å². The summed E-state index contributed by atoms with van der Waals surface area (Å²) in [6.07, 6.45) is 0. The normalized spacial score (nSPS) is 15.5. The third-order valence-corrected chi connectivity index (χ3v) is 5.56. The van der Waals surface area contributed by atoms with Crippen molar-refractivity contribution in [2.45, 2.75) is 6.04 Å². The molecule has 0 atom stereocenters. The van der Waals surface area contributed by atoms with Crippen molar-refractivity contribution in [1.82, 2.24) is 9.80 Å². The summed E-state index contributed by atoms with van der Waals surface area (Å²) in [5, 5.41) is 9.40. The molecule has 29 heavy (non-hydrogen) atoms. The van der Waals surface area contributed by atoms with Gasteiger partial charge in [0.25, 0.3) is 0 Å². The van der Waals surface area contributed by atoms with Gasteiger partial charge in [-0.2, -0.15) is 0 Å². The zero-order chi connectivity index (χ0) is 20.1. The van der Waals surface area contributed by atoms with Gasteiger partial charge in [0.15, 0.2) is 5.78 Å². The molecule has 3 aromatic rings. The zero-order valence-electron chi connectivity index (χ0n) is 16.4. The van der Waals surface area contributed by atoms with Gasteiger partial charge in [-0.15, -0.1) is 0 Å². The van der Waals surface area contributed by atoms with E-state index in [1.165, 1.54) is 11.1 Å². The molecule has 0 amide bonds. The smallest absolute Gasteiger partial charge is 0.176 e. The molecule has 4 nitrogen and oxygen atoms in total. The van der Waals surface area contributed by atoms with E-state index in [1.54, 1.807) is 24.3 Å². The monoisotopic (exact) mass is 386 g/mol. The molecule has 1 N–H and O–H groups in total. The lowest BCUT2D eigenvalue weighted by atomic mass is 9.96. The number of carbonyl (C=O) groups excluding carboxylic acids is 1. The highest BCUT2D eigenvalue weighted by Gasteiger charge is 2.27. The van der Waals surface area contributed by atoms with Crippen LogP contribution in [-0.4, -0.2) is 53.4 Å². The summed E-state index contributed by atoms with van der Waals surface area (Å²) in [5.74, 6) is 0.282. The molecule has 0 aliphatic carbocycles. The number of phenolic OH excluding ortho intramolecular Hbond substituents is 1. The highest BCUT2D eigenvalue weighted by Crippen LogP contribution is 2.29. The molecular formula is C25H26N2O2. The maximum atomic E-state index is 12.5. The van der Waals surface area contributed by atoms with Gasteiger partial charge in [-0.3, -0.25) is 14.6 Å². The Labute approximate surface area is 172 Å². The lowest BCUT2D eigenvalue weighted by Gasteiger charge is -2.39. The van der Waals surface area contributed by atoms with Crippen LogP contribution in [0.25, 0.3) is 0 Å². The Bertz CT molecular complexity index is 879. The fourth-order valence-corrected chi connectivity index (χ4v) is 4.01. The molecule has 0 aromatic heterocycles. The Morgan fingerprint density at radius 3 is 1.79 bits per heavy atom. The molecule has 3 aromatic carbocycles. The Morgan fingerprint density at radius 2 is 1.28 bits per heavy atom. The summed E-state index contributed by atoms with van der Waals surface area (Å²) in [7, 11) is 0. The molecule has 1 fully saturated rings. The van der Waals surface area contributed by atoms with Crippen molar-refractivity contribution in [3.8, 4) is 5.75 Å². The van der Waals surface area contributed by atoms with Gasteiger partial charge in [-0.1, -0.05) is 60.7 Å². The van der Waals surface area contributed by atoms with Gasteiger partial charge >= 0.3 is 0 Å². The zero-order valence-corrected chi connectivity index (χ0v) is 16.4. The molecular weight excluding hydrogens is 360 g/mol. The van der Waals surface area contributed by atoms with Crippen LogP contribution in [0.15, 0.2) is 84.9 Å². The van der Waals surface area contributed by atoms with Crippen molar-refractivity contribution < 1.29 is 9.90 Å². The number of carbonyl (C=O) groups is 1. The van der Waals surface area contributed by atoms with Crippen LogP contribution >= 0.6 is 0 Å². The lowest BCUT2D eigenvalue weighted by Crippen LogP contribution is -2.49. The molecule has 4 heteroatoms. The maximum absolute atomic E-state index is 12.5. The van der Waals surface area contributed by atoms with E-state index in [-0.39, 0.29) is 17.6 Å². The minimum absolute atomic E-state index is 0.0983. The van der Waals surface area contributed by atoms with Gasteiger partial charge in [0.05, 0.1) is 12.6 Å². The fraction of sp³-hybridized carbons (Fsp3) is 0.240. The molecule has 0 saturated carbocycles. The number of ketones is 1. The Balaban J connectivity index is 1.43. The number of phenols is 1. The number of rotatable bonds is 6. The van der Waals surface area contributed by atoms with E-state index in [0.29, 0.717) is 12.1 Å². The summed E-state index contributed by atoms with van der Waals surface area (Å²) < 4.78 is 0. The molecule has 1 aliphatic rings. The minimum atomic E-state index is 0.0983. The first-order valence-electron chi connectivity index (χ1n) is 10.1. The number of hydrogen-bond acceptors (Lipinski definition) is 4. The van der Waals surface area contributed by atoms with Crippen LogP contribution in [0.2, 0.25) is 0 Å². The Hall–Kier alpha value is -2.95. The number of hydrogen-bond donors (Lipinski definition) is 1. The highest BCUT2D eigenvalue weighted by molar-refractivity contribution is 5.97. The van der Waals surface area contributed by atoms with E-state index in [2.05, 4.69) is 70.5 Å². The first-order valence-corrected chi connectivity index (χ1v) is 10.1. The van der Waals surface area contributed by atoms with Crippen LogP contribution in [0, 0.1) is 0 Å². The van der Waals surface area contributed by atoms with Gasteiger partial charge in [0, 0.05) is 31.7 Å². The van der Waals surface area contributed by atoms with Crippen LogP contribution in [-0.2, 0) is 0 Å². The van der Waals surface area contributed by atoms with Gasteiger partial charge in [0.1, 0.15) is 5.75 Å². The molecule has 1 saturated heterocycles. The number of benzene rings is 3. The average Bonchev–Trinajstić information content (AvgIpc) is 2.77. The quantitative estimate of drug-likeness (QED) is 0.651. The van der Waals surface area contributed by atoms with Crippen molar-refractivity contribution in [3.05, 3.63) is 102 Å². The third-order valence-electron chi connectivity index (χ3n) is 5.56. The topological polar surface area (TPSA) is 43.8 Å². The van der Waals surface area contributed by atoms with E-state index in [1.807, 2.05) is 0 Å². The standard InChI is InChI=1S/C25H26N2O2/c28-23-13-11-20(12-14-23)24(29)19-26-15-17-27(18-16-26)25(21-7-3-1-4-8-21)22-9-5-2-6-10-22/h1-14,25,28H,15-19H2. The molecule has 0 radical (unpaired) electrons. The second-order valence-electron chi connectivity index (χ2n) is 7.51. The summed E-state index contributed by atoms with van der Waals surface area (Å²) in [4.78, 5) is 17.3. The van der Waals surface area contributed by atoms with Gasteiger partial charge in [-0.05, 0) is 35.4 Å². The number of nitrogens with zero attached hydrogens (tertiary/aromatic N) is 2. The van der Waals surface area contributed by atoms with E-state index in [9.17, 15) is 9.90 Å². The summed E-state index contributed by atoms with van der Waals surface area (Å²) >= 11 is 0. The summed E-state index contributed by atoms with van der Waals surface area (Å²) in [6.45, 7) is 3.97. The van der Waals surface area contributed by atoms with Gasteiger partial charge in [-0.25, -0.2) is 0 Å². The second-order valence-corrected chi connectivity index (χ2v) is 7.51. The number of Topliss-reactive ketones (excluding diaryl/α,β-unsaturated/α-hetero) is 1.